The molecule has 0 aliphatic rings. The lowest BCUT2D eigenvalue weighted by Gasteiger charge is -2.00. The molecule has 1 nitrogen and oxygen atoms in total. The van der Waals surface area contributed by atoms with Crippen molar-refractivity contribution in [2.45, 2.75) is 6.92 Å². The molecule has 0 heterocycles. The quantitative estimate of drug-likeness (QED) is 0.672. The minimum atomic E-state index is 0.434. The van der Waals surface area contributed by atoms with Crippen LogP contribution in [0.3, 0.4) is 0 Å². The Morgan fingerprint density at radius 2 is 1.50 bits per heavy atom. The number of aliphatic hydroxyl groups is 1. The third-order valence-corrected chi connectivity index (χ3v) is 2.62. The molecule has 1 N–H and O–H groups in total. The molecule has 1 aromatic carbocycles. The van der Waals surface area contributed by atoms with Crippen LogP contribution in [0.25, 0.3) is 0 Å². The van der Waals surface area contributed by atoms with Crippen LogP contribution in [0, 0.1) is 6.92 Å². The average Bonchev–Trinajstić information content (AvgIpc) is 2.12. The Labute approximate surface area is 86.9 Å². The molecule has 68 valence electrons. The maximum absolute atomic E-state index is 7.00. The lowest BCUT2D eigenvalue weighted by molar-refractivity contribution is 0.399. The van der Waals surface area contributed by atoms with Crippen LogP contribution in [-0.4, -0.2) is 12.2 Å². The number of hydrogen-bond donors (Lipinski definition) is 1. The predicted octanol–water partition coefficient (Wildman–Crippen LogP) is 3.56. The van der Waals surface area contributed by atoms with Gasteiger partial charge in [-0.1, -0.05) is 40.9 Å². The number of aliphatic hydroxyl groups excluding tert-OH is 1. The van der Waals surface area contributed by atoms with E-state index >= 15 is 0 Å². The molecule has 0 amide bonds. The van der Waals surface area contributed by atoms with E-state index in [0.29, 0.717) is 15.1 Å². The van der Waals surface area contributed by atoms with Crippen LogP contribution in [0.15, 0.2) is 12.1 Å². The van der Waals surface area contributed by atoms with Crippen LogP contribution in [0.5, 0.6) is 0 Å². The lowest BCUT2D eigenvalue weighted by atomic mass is 10.2. The van der Waals surface area contributed by atoms with Crippen molar-refractivity contribution in [2.24, 2.45) is 0 Å². The summed E-state index contributed by atoms with van der Waals surface area (Å²) < 4.78 is 0. The monoisotopic (exact) mass is 226 g/mol. The van der Waals surface area contributed by atoms with Crippen LogP contribution in [0.4, 0.5) is 0 Å². The Bertz CT molecular complexity index is 234. The molecule has 1 aromatic rings. The average molecular weight is 228 g/mol. The van der Waals surface area contributed by atoms with Crippen LogP contribution in [0.1, 0.15) is 5.56 Å². The van der Waals surface area contributed by atoms with Gasteiger partial charge in [-0.3, -0.25) is 0 Å². The summed E-state index contributed by atoms with van der Waals surface area (Å²) in [6.45, 7) is 1.88. The molecule has 0 saturated heterocycles. The highest BCUT2D eigenvalue weighted by Crippen LogP contribution is 2.31. The predicted molar refractivity (Wildman–Crippen MR) is 54.4 cm³/mol. The Balaban J connectivity index is 0.000000561. The molecule has 0 bridgehead atoms. The second-order valence-corrected chi connectivity index (χ2v) is 3.16. The van der Waals surface area contributed by atoms with E-state index in [2.05, 4.69) is 0 Å². The van der Waals surface area contributed by atoms with Crippen molar-refractivity contribution in [1.82, 2.24) is 0 Å². The summed E-state index contributed by atoms with van der Waals surface area (Å²) >= 11 is 17.2. The second kappa shape index (κ2) is 5.65. The van der Waals surface area contributed by atoms with Gasteiger partial charge in [0, 0.05) is 7.11 Å². The molecular formula is C8H9Cl3O. The van der Waals surface area contributed by atoms with Gasteiger partial charge in [-0.2, -0.15) is 0 Å². The van der Waals surface area contributed by atoms with Crippen molar-refractivity contribution < 1.29 is 5.11 Å². The topological polar surface area (TPSA) is 20.2 Å². The normalized spacial score (nSPS) is 8.83. The van der Waals surface area contributed by atoms with Crippen molar-refractivity contribution in [3.05, 3.63) is 32.8 Å². The molecule has 4 heteroatoms. The van der Waals surface area contributed by atoms with E-state index in [-0.39, 0.29) is 0 Å². The van der Waals surface area contributed by atoms with E-state index in [1.807, 2.05) is 13.0 Å². The third kappa shape index (κ3) is 2.83. The summed E-state index contributed by atoms with van der Waals surface area (Å²) in [5.74, 6) is 0. The first-order valence-electron chi connectivity index (χ1n) is 3.17. The molecule has 0 spiro atoms. The molecule has 0 aliphatic heterocycles. The van der Waals surface area contributed by atoms with Crippen molar-refractivity contribution >= 4 is 34.8 Å². The Kier molecular flexibility index (Phi) is 5.68. The fourth-order valence-electron chi connectivity index (χ4n) is 0.622. The standard InChI is InChI=1S/C7H5Cl3.CH4O/c1-4-2-3-5(8)7(10)6(4)9;1-2/h2-3H,1H3;2H,1H3. The van der Waals surface area contributed by atoms with Gasteiger partial charge in [0.15, 0.2) is 0 Å². The zero-order chi connectivity index (χ0) is 9.72. The van der Waals surface area contributed by atoms with Gasteiger partial charge >= 0.3 is 0 Å². The number of aryl methyl sites for hydroxylation is 1. The smallest absolute Gasteiger partial charge is 0.0781 e. The third-order valence-electron chi connectivity index (χ3n) is 1.23. The highest BCUT2D eigenvalue weighted by molar-refractivity contribution is 6.48. The van der Waals surface area contributed by atoms with Crippen molar-refractivity contribution in [2.75, 3.05) is 7.11 Å². The van der Waals surface area contributed by atoms with E-state index in [9.17, 15) is 0 Å². The molecule has 0 atom stereocenters. The minimum Gasteiger partial charge on any atom is -0.400 e. The largest absolute Gasteiger partial charge is 0.400 e. The van der Waals surface area contributed by atoms with Crippen molar-refractivity contribution in [1.29, 1.82) is 0 Å². The van der Waals surface area contributed by atoms with Crippen LogP contribution in [-0.2, 0) is 0 Å². The van der Waals surface area contributed by atoms with E-state index in [0.717, 1.165) is 12.7 Å². The number of benzene rings is 1. The van der Waals surface area contributed by atoms with Gasteiger partial charge in [0.25, 0.3) is 0 Å². The van der Waals surface area contributed by atoms with Crippen molar-refractivity contribution in [3.8, 4) is 0 Å². The first kappa shape index (κ1) is 12.0. The molecule has 0 fully saturated rings. The fourth-order valence-corrected chi connectivity index (χ4v) is 1.21. The van der Waals surface area contributed by atoms with Gasteiger partial charge in [-0.05, 0) is 18.6 Å². The van der Waals surface area contributed by atoms with E-state index < -0.39 is 0 Å². The zero-order valence-corrected chi connectivity index (χ0v) is 9.00. The zero-order valence-electron chi connectivity index (χ0n) is 6.74. The maximum atomic E-state index is 7.00. The molecule has 0 radical (unpaired) electrons. The molecule has 0 saturated carbocycles. The Morgan fingerprint density at radius 3 is 1.92 bits per heavy atom. The van der Waals surface area contributed by atoms with Crippen LogP contribution in [0.2, 0.25) is 15.1 Å². The molecule has 0 aliphatic carbocycles. The highest BCUT2D eigenvalue weighted by Gasteiger charge is 2.03. The van der Waals surface area contributed by atoms with E-state index in [1.165, 1.54) is 0 Å². The van der Waals surface area contributed by atoms with E-state index in [1.54, 1.807) is 6.07 Å². The van der Waals surface area contributed by atoms with Crippen molar-refractivity contribution in [3.63, 3.8) is 0 Å². The summed E-state index contributed by atoms with van der Waals surface area (Å²) in [6.07, 6.45) is 0. The number of hydrogen-bond acceptors (Lipinski definition) is 1. The first-order chi connectivity index (χ1) is 5.63. The summed E-state index contributed by atoms with van der Waals surface area (Å²) in [6, 6.07) is 3.56. The molecule has 1 rings (SSSR count). The lowest BCUT2D eigenvalue weighted by Crippen LogP contribution is -1.76. The molecule has 0 aromatic heterocycles. The van der Waals surface area contributed by atoms with Gasteiger partial charge in [-0.15, -0.1) is 0 Å². The highest BCUT2D eigenvalue weighted by atomic mass is 35.5. The molecule has 12 heavy (non-hydrogen) atoms. The van der Waals surface area contributed by atoms with Crippen LogP contribution >= 0.6 is 34.8 Å². The number of halogens is 3. The SMILES string of the molecule is CO.Cc1ccc(Cl)c(Cl)c1Cl. The van der Waals surface area contributed by atoms with Crippen LogP contribution < -0.4 is 0 Å². The Hall–Kier alpha value is 0.0500. The fraction of sp³-hybridized carbons (Fsp3) is 0.250. The van der Waals surface area contributed by atoms with Gasteiger partial charge in [0.05, 0.1) is 15.1 Å². The molecular weight excluding hydrogens is 218 g/mol. The molecule has 0 unspecified atom stereocenters. The number of rotatable bonds is 0. The van der Waals surface area contributed by atoms with E-state index in [4.69, 9.17) is 39.9 Å². The minimum absolute atomic E-state index is 0.434. The second-order valence-electron chi connectivity index (χ2n) is 1.99. The van der Waals surface area contributed by atoms with Gasteiger partial charge in [0.2, 0.25) is 0 Å². The summed E-state index contributed by atoms with van der Waals surface area (Å²) in [4.78, 5) is 0. The summed E-state index contributed by atoms with van der Waals surface area (Å²) in [5, 5.41) is 8.47. The Morgan fingerprint density at radius 1 is 1.00 bits per heavy atom. The van der Waals surface area contributed by atoms with Gasteiger partial charge in [-0.25, -0.2) is 0 Å². The first-order valence-corrected chi connectivity index (χ1v) is 4.31. The summed E-state index contributed by atoms with van der Waals surface area (Å²) in [5.41, 5.74) is 0.941. The maximum Gasteiger partial charge on any atom is 0.0781 e. The van der Waals surface area contributed by atoms with Gasteiger partial charge in [0.1, 0.15) is 0 Å². The van der Waals surface area contributed by atoms with Gasteiger partial charge < -0.3 is 5.11 Å². The summed E-state index contributed by atoms with van der Waals surface area (Å²) in [7, 11) is 1.00.